The summed E-state index contributed by atoms with van der Waals surface area (Å²) in [5, 5.41) is 19.3. The van der Waals surface area contributed by atoms with Crippen molar-refractivity contribution in [2.24, 2.45) is 0 Å². The van der Waals surface area contributed by atoms with E-state index in [1.165, 1.54) is 0 Å². The molecule has 1 rings (SSSR count). The Balaban J connectivity index is 2.34. The summed E-state index contributed by atoms with van der Waals surface area (Å²) in [5.41, 5.74) is 0. The van der Waals surface area contributed by atoms with E-state index in [2.05, 4.69) is 5.32 Å². The molecule has 6 nitrogen and oxygen atoms in total. The molecule has 2 N–H and O–H groups in total. The van der Waals surface area contributed by atoms with Crippen LogP contribution in [0, 0.1) is 11.3 Å². The zero-order chi connectivity index (χ0) is 11.3. The average molecular weight is 211 g/mol. The van der Waals surface area contributed by atoms with E-state index in [-0.39, 0.29) is 31.6 Å². The van der Waals surface area contributed by atoms with Crippen LogP contribution in [-0.4, -0.2) is 47.6 Å². The number of carbonyl (C=O) groups excluding carboxylic acids is 1. The molecular formula is C9H13N3O3. The van der Waals surface area contributed by atoms with Crippen LogP contribution in [0.25, 0.3) is 0 Å². The summed E-state index contributed by atoms with van der Waals surface area (Å²) in [6.45, 7) is -0.103. The summed E-state index contributed by atoms with van der Waals surface area (Å²) < 4.78 is 0. The van der Waals surface area contributed by atoms with E-state index >= 15 is 0 Å². The van der Waals surface area contributed by atoms with E-state index in [4.69, 9.17) is 10.4 Å². The van der Waals surface area contributed by atoms with Crippen molar-refractivity contribution in [2.75, 3.05) is 19.6 Å². The van der Waals surface area contributed by atoms with Gasteiger partial charge < -0.3 is 10.4 Å². The van der Waals surface area contributed by atoms with Gasteiger partial charge in [0, 0.05) is 6.04 Å². The van der Waals surface area contributed by atoms with Gasteiger partial charge >= 0.3 is 5.97 Å². The maximum absolute atomic E-state index is 11.2. The molecule has 0 aliphatic heterocycles. The number of nitriles is 1. The van der Waals surface area contributed by atoms with Gasteiger partial charge in [-0.15, -0.1) is 0 Å². The number of aliphatic carboxylic acids is 1. The Labute approximate surface area is 87.5 Å². The second kappa shape index (κ2) is 5.32. The SMILES string of the molecule is N#CCNC(=O)CN(CC(=O)O)C1CC1. The first-order valence-electron chi connectivity index (χ1n) is 4.73. The molecule has 1 fully saturated rings. The smallest absolute Gasteiger partial charge is 0.317 e. The topological polar surface area (TPSA) is 93.4 Å². The fourth-order valence-corrected chi connectivity index (χ4v) is 1.31. The molecule has 82 valence electrons. The van der Waals surface area contributed by atoms with Gasteiger partial charge in [-0.2, -0.15) is 5.26 Å². The fourth-order valence-electron chi connectivity index (χ4n) is 1.31. The molecule has 0 bridgehead atoms. The molecule has 1 aliphatic carbocycles. The summed E-state index contributed by atoms with van der Waals surface area (Å²) in [4.78, 5) is 23.4. The van der Waals surface area contributed by atoms with Crippen molar-refractivity contribution in [1.29, 1.82) is 5.26 Å². The van der Waals surface area contributed by atoms with E-state index in [1.54, 1.807) is 11.0 Å². The molecule has 1 amide bonds. The van der Waals surface area contributed by atoms with Gasteiger partial charge in [0.05, 0.1) is 19.2 Å². The molecule has 0 heterocycles. The molecule has 0 atom stereocenters. The van der Waals surface area contributed by atoms with E-state index in [0.717, 1.165) is 12.8 Å². The van der Waals surface area contributed by atoms with Crippen LogP contribution in [0.5, 0.6) is 0 Å². The molecule has 0 aromatic rings. The third-order valence-corrected chi connectivity index (χ3v) is 2.11. The van der Waals surface area contributed by atoms with Crippen molar-refractivity contribution in [1.82, 2.24) is 10.2 Å². The van der Waals surface area contributed by atoms with Crippen molar-refractivity contribution in [3.63, 3.8) is 0 Å². The van der Waals surface area contributed by atoms with Crippen LogP contribution in [0.15, 0.2) is 0 Å². The predicted molar refractivity (Wildman–Crippen MR) is 50.9 cm³/mol. The number of hydrogen-bond acceptors (Lipinski definition) is 4. The van der Waals surface area contributed by atoms with Gasteiger partial charge in [-0.3, -0.25) is 14.5 Å². The lowest BCUT2D eigenvalue weighted by Crippen LogP contribution is -2.41. The van der Waals surface area contributed by atoms with E-state index in [1.807, 2.05) is 0 Å². The number of nitrogens with zero attached hydrogens (tertiary/aromatic N) is 2. The first-order chi connectivity index (χ1) is 7.13. The Morgan fingerprint density at radius 1 is 1.47 bits per heavy atom. The molecule has 0 radical (unpaired) electrons. The highest BCUT2D eigenvalue weighted by Gasteiger charge is 2.31. The van der Waals surface area contributed by atoms with Crippen molar-refractivity contribution >= 4 is 11.9 Å². The molecule has 6 heteroatoms. The van der Waals surface area contributed by atoms with Crippen LogP contribution < -0.4 is 5.32 Å². The zero-order valence-corrected chi connectivity index (χ0v) is 8.27. The molecule has 0 unspecified atom stereocenters. The lowest BCUT2D eigenvalue weighted by molar-refractivity contribution is -0.138. The van der Waals surface area contributed by atoms with E-state index in [0.29, 0.717) is 0 Å². The first kappa shape index (κ1) is 11.5. The number of hydrogen-bond donors (Lipinski definition) is 2. The largest absolute Gasteiger partial charge is 0.480 e. The minimum Gasteiger partial charge on any atom is -0.480 e. The quantitative estimate of drug-likeness (QED) is 0.559. The van der Waals surface area contributed by atoms with Crippen molar-refractivity contribution < 1.29 is 14.7 Å². The number of carboxylic acids is 1. The highest BCUT2D eigenvalue weighted by Crippen LogP contribution is 2.26. The maximum Gasteiger partial charge on any atom is 0.317 e. The fraction of sp³-hybridized carbons (Fsp3) is 0.667. The second-order valence-corrected chi connectivity index (χ2v) is 3.46. The standard InChI is InChI=1S/C9H13N3O3/c10-3-4-11-8(13)5-12(6-9(14)15)7-1-2-7/h7H,1-2,4-6H2,(H,11,13)(H,14,15). The van der Waals surface area contributed by atoms with Crippen molar-refractivity contribution in [3.05, 3.63) is 0 Å². The second-order valence-electron chi connectivity index (χ2n) is 3.46. The Morgan fingerprint density at radius 3 is 2.60 bits per heavy atom. The van der Waals surface area contributed by atoms with Crippen LogP contribution in [0.3, 0.4) is 0 Å². The minimum absolute atomic E-state index is 0.0373. The lowest BCUT2D eigenvalue weighted by atomic mass is 10.4. The molecule has 15 heavy (non-hydrogen) atoms. The Morgan fingerprint density at radius 2 is 2.13 bits per heavy atom. The summed E-state index contributed by atoms with van der Waals surface area (Å²) in [6, 6.07) is 2.01. The molecular weight excluding hydrogens is 198 g/mol. The number of carboxylic acid groups (broad SMARTS) is 1. The van der Waals surface area contributed by atoms with Gasteiger partial charge in [0.25, 0.3) is 0 Å². The van der Waals surface area contributed by atoms with E-state index in [9.17, 15) is 9.59 Å². The number of rotatable bonds is 6. The number of amides is 1. The molecule has 1 saturated carbocycles. The molecule has 0 aromatic heterocycles. The van der Waals surface area contributed by atoms with Crippen LogP contribution in [0.2, 0.25) is 0 Å². The Kier molecular flexibility index (Phi) is 4.06. The lowest BCUT2D eigenvalue weighted by Gasteiger charge is -2.18. The monoisotopic (exact) mass is 211 g/mol. The Bertz CT molecular complexity index is 293. The normalized spacial score (nSPS) is 14.7. The number of nitrogens with one attached hydrogen (secondary N) is 1. The maximum atomic E-state index is 11.2. The predicted octanol–water partition coefficient (Wildman–Crippen LogP) is -0.825. The summed E-state index contributed by atoms with van der Waals surface area (Å²) in [7, 11) is 0. The molecule has 0 saturated heterocycles. The highest BCUT2D eigenvalue weighted by molar-refractivity contribution is 5.79. The first-order valence-corrected chi connectivity index (χ1v) is 4.73. The van der Waals surface area contributed by atoms with E-state index < -0.39 is 5.97 Å². The third kappa shape index (κ3) is 4.42. The average Bonchev–Trinajstić information content (AvgIpc) is 2.96. The van der Waals surface area contributed by atoms with Gasteiger partial charge in [0.15, 0.2) is 0 Å². The minimum atomic E-state index is -0.935. The highest BCUT2D eigenvalue weighted by atomic mass is 16.4. The van der Waals surface area contributed by atoms with Crippen LogP contribution >= 0.6 is 0 Å². The summed E-state index contributed by atoms with van der Waals surface area (Å²) in [5.74, 6) is -1.24. The zero-order valence-electron chi connectivity index (χ0n) is 8.27. The van der Waals surface area contributed by atoms with Gasteiger partial charge in [0.2, 0.25) is 5.91 Å². The third-order valence-electron chi connectivity index (χ3n) is 2.11. The van der Waals surface area contributed by atoms with Gasteiger partial charge in [-0.05, 0) is 12.8 Å². The van der Waals surface area contributed by atoms with Crippen molar-refractivity contribution in [2.45, 2.75) is 18.9 Å². The van der Waals surface area contributed by atoms with Crippen LogP contribution in [-0.2, 0) is 9.59 Å². The molecule has 0 spiro atoms. The molecule has 0 aromatic carbocycles. The van der Waals surface area contributed by atoms with Gasteiger partial charge in [-0.25, -0.2) is 0 Å². The number of carbonyl (C=O) groups is 2. The van der Waals surface area contributed by atoms with Gasteiger partial charge in [0.1, 0.15) is 6.54 Å². The molecule has 1 aliphatic rings. The van der Waals surface area contributed by atoms with Gasteiger partial charge in [-0.1, -0.05) is 0 Å². The van der Waals surface area contributed by atoms with Crippen molar-refractivity contribution in [3.8, 4) is 6.07 Å². The summed E-state index contributed by atoms with van der Waals surface area (Å²) >= 11 is 0. The Hall–Kier alpha value is -1.61. The van der Waals surface area contributed by atoms with Crippen LogP contribution in [0.1, 0.15) is 12.8 Å². The van der Waals surface area contributed by atoms with Crippen LogP contribution in [0.4, 0.5) is 0 Å². The summed E-state index contributed by atoms with van der Waals surface area (Å²) in [6.07, 6.45) is 1.89.